The predicted octanol–water partition coefficient (Wildman–Crippen LogP) is 4.59. The van der Waals surface area contributed by atoms with Crippen molar-refractivity contribution in [2.75, 3.05) is 12.0 Å². The summed E-state index contributed by atoms with van der Waals surface area (Å²) in [7, 11) is 1.62. The van der Waals surface area contributed by atoms with Gasteiger partial charge in [-0.05, 0) is 73.4 Å². The summed E-state index contributed by atoms with van der Waals surface area (Å²) in [6.45, 7) is 6.22. The largest absolute Gasteiger partial charge is 0.497 e. The Labute approximate surface area is 189 Å². The fourth-order valence-electron chi connectivity index (χ4n) is 4.46. The van der Waals surface area contributed by atoms with Gasteiger partial charge < -0.3 is 10.1 Å². The maximum atomic E-state index is 13.6. The highest BCUT2D eigenvalue weighted by Gasteiger charge is 2.47. The van der Waals surface area contributed by atoms with Crippen molar-refractivity contribution >= 4 is 17.5 Å². The number of hydrogen-bond donors (Lipinski definition) is 1. The molecule has 4 rings (SSSR count). The number of nitrogens with one attached hydrogen (secondary N) is 1. The summed E-state index contributed by atoms with van der Waals surface area (Å²) in [5, 5.41) is 3.05. The van der Waals surface area contributed by atoms with E-state index in [9.17, 15) is 9.59 Å². The van der Waals surface area contributed by atoms with Gasteiger partial charge in [0.2, 0.25) is 5.91 Å². The van der Waals surface area contributed by atoms with E-state index in [2.05, 4.69) is 11.4 Å². The molecule has 1 aliphatic rings. The highest BCUT2D eigenvalue weighted by molar-refractivity contribution is 6.14. The predicted molar refractivity (Wildman–Crippen MR) is 126 cm³/mol. The Morgan fingerprint density at radius 3 is 2.34 bits per heavy atom. The third kappa shape index (κ3) is 3.98. The number of carbonyl (C=O) groups is 2. The molecule has 1 atom stereocenters. The molecule has 0 aromatic heterocycles. The number of hydrogen-bond acceptors (Lipinski definition) is 3. The lowest BCUT2D eigenvalue weighted by atomic mass is 9.82. The number of ether oxygens (including phenoxy) is 1. The van der Waals surface area contributed by atoms with Crippen LogP contribution in [0.2, 0.25) is 0 Å². The molecule has 0 saturated carbocycles. The van der Waals surface area contributed by atoms with Gasteiger partial charge in [-0.2, -0.15) is 0 Å². The van der Waals surface area contributed by atoms with Crippen LogP contribution in [0, 0.1) is 13.8 Å². The SMILES string of the molecule is COc1ccc(CNC(=O)[C@]2(C)Cc3ccccc3C(=O)N2c2cc(C)cc(C)c2)cc1. The van der Waals surface area contributed by atoms with Crippen LogP contribution in [0.1, 0.15) is 39.5 Å². The zero-order chi connectivity index (χ0) is 22.9. The number of nitrogens with zero attached hydrogens (tertiary/aromatic N) is 1. The molecule has 5 nitrogen and oxygen atoms in total. The minimum absolute atomic E-state index is 0.154. The van der Waals surface area contributed by atoms with Gasteiger partial charge in [-0.25, -0.2) is 0 Å². The number of amides is 2. The molecule has 32 heavy (non-hydrogen) atoms. The van der Waals surface area contributed by atoms with Crippen LogP contribution < -0.4 is 15.0 Å². The van der Waals surface area contributed by atoms with Crippen LogP contribution in [0.4, 0.5) is 5.69 Å². The quantitative estimate of drug-likeness (QED) is 0.647. The summed E-state index contributed by atoms with van der Waals surface area (Å²) in [6.07, 6.45) is 0.441. The third-order valence-electron chi connectivity index (χ3n) is 6.04. The van der Waals surface area contributed by atoms with E-state index in [0.717, 1.165) is 33.7 Å². The lowest BCUT2D eigenvalue weighted by molar-refractivity contribution is -0.126. The van der Waals surface area contributed by atoms with Crippen LogP contribution in [0.3, 0.4) is 0 Å². The van der Waals surface area contributed by atoms with Crippen LogP contribution in [-0.4, -0.2) is 24.5 Å². The highest BCUT2D eigenvalue weighted by Crippen LogP contribution is 2.36. The van der Waals surface area contributed by atoms with Gasteiger partial charge in [0.25, 0.3) is 5.91 Å². The van der Waals surface area contributed by atoms with Gasteiger partial charge in [0.05, 0.1) is 7.11 Å². The summed E-state index contributed by atoms with van der Waals surface area (Å²) in [6, 6.07) is 21.1. The molecule has 0 aliphatic carbocycles. The molecule has 3 aromatic carbocycles. The molecule has 0 spiro atoms. The second kappa shape index (κ2) is 8.50. The van der Waals surface area contributed by atoms with Gasteiger partial charge in [0.1, 0.15) is 11.3 Å². The van der Waals surface area contributed by atoms with E-state index in [0.29, 0.717) is 18.5 Å². The van der Waals surface area contributed by atoms with Crippen molar-refractivity contribution in [3.8, 4) is 5.75 Å². The van der Waals surface area contributed by atoms with Crippen LogP contribution >= 0.6 is 0 Å². The van der Waals surface area contributed by atoms with E-state index in [-0.39, 0.29) is 11.8 Å². The Morgan fingerprint density at radius 1 is 1.03 bits per heavy atom. The topological polar surface area (TPSA) is 58.6 Å². The molecule has 0 radical (unpaired) electrons. The summed E-state index contributed by atoms with van der Waals surface area (Å²) in [5.74, 6) is 0.428. The Bertz CT molecular complexity index is 1150. The molecule has 1 N–H and O–H groups in total. The molecule has 0 bridgehead atoms. The number of fused-ring (bicyclic) bond motifs is 1. The van der Waals surface area contributed by atoms with Crippen LogP contribution in [0.15, 0.2) is 66.7 Å². The number of aryl methyl sites for hydroxylation is 2. The van der Waals surface area contributed by atoms with Crippen molar-refractivity contribution in [1.82, 2.24) is 5.32 Å². The second-order valence-corrected chi connectivity index (χ2v) is 8.63. The van der Waals surface area contributed by atoms with E-state index in [1.54, 1.807) is 12.0 Å². The molecule has 2 amide bonds. The number of methoxy groups -OCH3 is 1. The summed E-state index contributed by atoms with van der Waals surface area (Å²) in [5.41, 5.74) is 4.28. The molecule has 0 unspecified atom stereocenters. The summed E-state index contributed by atoms with van der Waals surface area (Å²) >= 11 is 0. The van der Waals surface area contributed by atoms with Gasteiger partial charge in [-0.3, -0.25) is 14.5 Å². The summed E-state index contributed by atoms with van der Waals surface area (Å²) in [4.78, 5) is 28.9. The van der Waals surface area contributed by atoms with Gasteiger partial charge >= 0.3 is 0 Å². The third-order valence-corrected chi connectivity index (χ3v) is 6.04. The average molecular weight is 429 g/mol. The highest BCUT2D eigenvalue weighted by atomic mass is 16.5. The van der Waals surface area contributed by atoms with E-state index >= 15 is 0 Å². The Morgan fingerprint density at radius 2 is 1.69 bits per heavy atom. The number of rotatable bonds is 5. The minimum atomic E-state index is -1.06. The standard InChI is InChI=1S/C27H28N2O3/c1-18-13-19(2)15-22(14-18)29-25(30)24-8-6-5-7-21(24)16-27(29,3)26(31)28-17-20-9-11-23(32-4)12-10-20/h5-15H,16-17H2,1-4H3,(H,28,31)/t27-/m0/s1. The molecule has 3 aromatic rings. The first-order chi connectivity index (χ1) is 15.3. The van der Waals surface area contributed by atoms with Crippen molar-refractivity contribution in [2.45, 2.75) is 39.3 Å². The Kier molecular flexibility index (Phi) is 5.74. The first-order valence-electron chi connectivity index (χ1n) is 10.7. The first-order valence-corrected chi connectivity index (χ1v) is 10.7. The van der Waals surface area contributed by atoms with Crippen molar-refractivity contribution in [2.24, 2.45) is 0 Å². The van der Waals surface area contributed by atoms with Gasteiger partial charge in [0.15, 0.2) is 0 Å². The van der Waals surface area contributed by atoms with Gasteiger partial charge in [-0.1, -0.05) is 36.4 Å². The van der Waals surface area contributed by atoms with Gasteiger partial charge in [-0.15, -0.1) is 0 Å². The second-order valence-electron chi connectivity index (χ2n) is 8.63. The minimum Gasteiger partial charge on any atom is -0.497 e. The Hall–Kier alpha value is -3.60. The van der Waals surface area contributed by atoms with E-state index in [1.165, 1.54) is 0 Å². The normalized spacial score (nSPS) is 17.6. The van der Waals surface area contributed by atoms with Crippen molar-refractivity contribution in [1.29, 1.82) is 0 Å². The molecular formula is C27H28N2O3. The lowest BCUT2D eigenvalue weighted by Gasteiger charge is -2.44. The van der Waals surface area contributed by atoms with Crippen LogP contribution in [0.25, 0.3) is 0 Å². The maximum Gasteiger partial charge on any atom is 0.259 e. The zero-order valence-corrected chi connectivity index (χ0v) is 18.9. The average Bonchev–Trinajstić information content (AvgIpc) is 2.77. The molecule has 0 saturated heterocycles. The fourth-order valence-corrected chi connectivity index (χ4v) is 4.46. The summed E-state index contributed by atoms with van der Waals surface area (Å²) < 4.78 is 5.20. The van der Waals surface area contributed by atoms with Crippen molar-refractivity contribution in [3.05, 3.63) is 94.5 Å². The molecule has 0 fully saturated rings. The number of benzene rings is 3. The monoisotopic (exact) mass is 428 g/mol. The maximum absolute atomic E-state index is 13.6. The molecular weight excluding hydrogens is 400 g/mol. The van der Waals surface area contributed by atoms with E-state index in [1.807, 2.05) is 81.4 Å². The fraction of sp³-hybridized carbons (Fsp3) is 0.259. The van der Waals surface area contributed by atoms with E-state index in [4.69, 9.17) is 4.74 Å². The van der Waals surface area contributed by atoms with Gasteiger partial charge in [0, 0.05) is 24.2 Å². The molecule has 5 heteroatoms. The molecule has 1 aliphatic heterocycles. The number of carbonyl (C=O) groups excluding carboxylic acids is 2. The van der Waals surface area contributed by atoms with Crippen LogP contribution in [-0.2, 0) is 17.8 Å². The molecule has 1 heterocycles. The molecule has 164 valence electrons. The van der Waals surface area contributed by atoms with Crippen molar-refractivity contribution < 1.29 is 14.3 Å². The van der Waals surface area contributed by atoms with E-state index < -0.39 is 5.54 Å². The van der Waals surface area contributed by atoms with Crippen LogP contribution in [0.5, 0.6) is 5.75 Å². The van der Waals surface area contributed by atoms with Crippen molar-refractivity contribution in [3.63, 3.8) is 0 Å². The smallest absolute Gasteiger partial charge is 0.259 e. The zero-order valence-electron chi connectivity index (χ0n) is 18.9. The Balaban J connectivity index is 1.70. The first kappa shape index (κ1) is 21.6. The lowest BCUT2D eigenvalue weighted by Crippen LogP contribution is -2.63. The number of anilines is 1.